The summed E-state index contributed by atoms with van der Waals surface area (Å²) in [6.07, 6.45) is 0.301. The Labute approximate surface area is 82.5 Å². The van der Waals surface area contributed by atoms with Crippen LogP contribution in [0, 0.1) is 0 Å². The fourth-order valence-corrected chi connectivity index (χ4v) is 2.58. The van der Waals surface area contributed by atoms with Crippen LogP contribution in [0.3, 0.4) is 0 Å². The van der Waals surface area contributed by atoms with Crippen LogP contribution in [0.4, 0.5) is 0 Å². The van der Waals surface area contributed by atoms with Gasteiger partial charge in [0.1, 0.15) is 6.04 Å². The third-order valence-corrected chi connectivity index (χ3v) is 3.39. The van der Waals surface area contributed by atoms with E-state index >= 15 is 0 Å². The van der Waals surface area contributed by atoms with Gasteiger partial charge in [-0.15, -0.1) is 0 Å². The van der Waals surface area contributed by atoms with Gasteiger partial charge in [0, 0.05) is 13.0 Å². The minimum absolute atomic E-state index is 0.0431. The van der Waals surface area contributed by atoms with Gasteiger partial charge in [0.2, 0.25) is 10.0 Å². The van der Waals surface area contributed by atoms with Gasteiger partial charge >= 0.3 is 5.97 Å². The summed E-state index contributed by atoms with van der Waals surface area (Å²) in [6.45, 7) is -0.0431. The molecule has 1 saturated heterocycles. The molecular formula is C7H13NO5S. The highest BCUT2D eigenvalue weighted by atomic mass is 32.2. The minimum Gasteiger partial charge on any atom is -0.468 e. The Morgan fingerprint density at radius 2 is 2.14 bits per heavy atom. The molecule has 0 spiro atoms. The number of aliphatic hydroxyl groups is 1. The van der Waals surface area contributed by atoms with E-state index in [4.69, 9.17) is 0 Å². The van der Waals surface area contributed by atoms with Gasteiger partial charge in [-0.3, -0.25) is 4.79 Å². The van der Waals surface area contributed by atoms with E-state index in [1.165, 1.54) is 7.11 Å². The van der Waals surface area contributed by atoms with E-state index in [9.17, 15) is 18.3 Å². The molecule has 0 aromatic heterocycles. The summed E-state index contributed by atoms with van der Waals surface area (Å²) in [6, 6.07) is -0.884. The Morgan fingerprint density at radius 3 is 2.57 bits per heavy atom. The molecule has 2 atom stereocenters. The number of aliphatic hydroxyl groups excluding tert-OH is 1. The molecule has 1 heterocycles. The Morgan fingerprint density at radius 1 is 1.57 bits per heavy atom. The van der Waals surface area contributed by atoms with E-state index in [-0.39, 0.29) is 13.0 Å². The van der Waals surface area contributed by atoms with Crippen LogP contribution in [0.1, 0.15) is 6.42 Å². The number of methoxy groups -OCH3 is 1. The topological polar surface area (TPSA) is 83.9 Å². The van der Waals surface area contributed by atoms with Crippen LogP contribution in [0.25, 0.3) is 0 Å². The molecule has 0 amide bonds. The van der Waals surface area contributed by atoms with Crippen molar-refractivity contribution in [3.05, 3.63) is 0 Å². The Kier molecular flexibility index (Phi) is 3.13. The van der Waals surface area contributed by atoms with Crippen molar-refractivity contribution >= 4 is 16.0 Å². The summed E-state index contributed by atoms with van der Waals surface area (Å²) in [5.41, 5.74) is 0. The lowest BCUT2D eigenvalue weighted by molar-refractivity contribution is -0.144. The van der Waals surface area contributed by atoms with Crippen LogP contribution in [-0.4, -0.2) is 55.9 Å². The number of hydrogen-bond donors (Lipinski definition) is 1. The number of esters is 1. The molecular weight excluding hydrogens is 210 g/mol. The zero-order chi connectivity index (χ0) is 10.9. The predicted octanol–water partition coefficient (Wildman–Crippen LogP) is -1.45. The summed E-state index contributed by atoms with van der Waals surface area (Å²) in [5, 5.41) is 9.26. The molecule has 0 radical (unpaired) electrons. The van der Waals surface area contributed by atoms with Crippen LogP contribution in [-0.2, 0) is 19.6 Å². The Balaban J connectivity index is 2.89. The average molecular weight is 223 g/mol. The fourth-order valence-electron chi connectivity index (χ4n) is 1.50. The maximum atomic E-state index is 11.2. The number of carbonyl (C=O) groups is 1. The van der Waals surface area contributed by atoms with Crippen LogP contribution < -0.4 is 0 Å². The molecule has 0 bridgehead atoms. The summed E-state index contributed by atoms with van der Waals surface area (Å²) >= 11 is 0. The number of carbonyl (C=O) groups excluding carboxylic acids is 1. The SMILES string of the molecule is COC(=O)C1CC(O)CN1S(C)(=O)=O. The quantitative estimate of drug-likeness (QED) is 0.579. The number of ether oxygens (including phenoxy) is 1. The Bertz CT molecular complexity index is 325. The normalized spacial score (nSPS) is 29.1. The van der Waals surface area contributed by atoms with Crippen molar-refractivity contribution in [1.29, 1.82) is 0 Å². The van der Waals surface area contributed by atoms with Gasteiger partial charge in [-0.2, -0.15) is 4.31 Å². The van der Waals surface area contributed by atoms with Crippen molar-refractivity contribution in [3.63, 3.8) is 0 Å². The molecule has 1 aliphatic rings. The highest BCUT2D eigenvalue weighted by Gasteiger charge is 2.41. The standard InChI is InChI=1S/C7H13NO5S/c1-13-7(10)6-3-5(9)4-8(6)14(2,11)12/h5-6,9H,3-4H2,1-2H3. The molecule has 1 N–H and O–H groups in total. The van der Waals surface area contributed by atoms with Crippen LogP contribution >= 0.6 is 0 Å². The molecule has 0 aromatic carbocycles. The zero-order valence-corrected chi connectivity index (χ0v) is 8.82. The second kappa shape index (κ2) is 3.84. The van der Waals surface area contributed by atoms with Crippen LogP contribution in [0.5, 0.6) is 0 Å². The lowest BCUT2D eigenvalue weighted by Gasteiger charge is -2.18. The lowest BCUT2D eigenvalue weighted by Crippen LogP contribution is -2.40. The molecule has 2 unspecified atom stereocenters. The van der Waals surface area contributed by atoms with E-state index in [0.29, 0.717) is 0 Å². The van der Waals surface area contributed by atoms with Gasteiger partial charge in [0.15, 0.2) is 0 Å². The van der Waals surface area contributed by atoms with Gasteiger partial charge in [0.05, 0.1) is 19.5 Å². The first kappa shape index (κ1) is 11.4. The predicted molar refractivity (Wildman–Crippen MR) is 48.0 cm³/mol. The van der Waals surface area contributed by atoms with Gasteiger partial charge in [0.25, 0.3) is 0 Å². The number of nitrogens with zero attached hydrogens (tertiary/aromatic N) is 1. The molecule has 0 aromatic rings. The first-order valence-electron chi connectivity index (χ1n) is 4.09. The molecule has 1 rings (SSSR count). The third kappa shape index (κ3) is 2.23. The van der Waals surface area contributed by atoms with Crippen molar-refractivity contribution in [2.24, 2.45) is 0 Å². The Hall–Kier alpha value is -0.660. The number of hydrogen-bond acceptors (Lipinski definition) is 5. The van der Waals surface area contributed by atoms with Gasteiger partial charge in [-0.05, 0) is 0 Å². The number of rotatable bonds is 2. The maximum Gasteiger partial charge on any atom is 0.324 e. The third-order valence-electron chi connectivity index (χ3n) is 2.13. The van der Waals surface area contributed by atoms with Crippen molar-refractivity contribution in [2.45, 2.75) is 18.6 Å². The summed E-state index contributed by atoms with van der Waals surface area (Å²) in [4.78, 5) is 11.2. The first-order valence-corrected chi connectivity index (χ1v) is 5.94. The van der Waals surface area contributed by atoms with E-state index in [0.717, 1.165) is 10.6 Å². The van der Waals surface area contributed by atoms with Crippen molar-refractivity contribution in [2.75, 3.05) is 19.9 Å². The van der Waals surface area contributed by atoms with Crippen molar-refractivity contribution < 1.29 is 23.1 Å². The summed E-state index contributed by atoms with van der Waals surface area (Å²) in [5.74, 6) is -0.632. The molecule has 7 heteroatoms. The van der Waals surface area contributed by atoms with E-state index < -0.39 is 28.1 Å². The molecule has 14 heavy (non-hydrogen) atoms. The van der Waals surface area contributed by atoms with E-state index in [1.807, 2.05) is 0 Å². The molecule has 0 saturated carbocycles. The molecule has 6 nitrogen and oxygen atoms in total. The average Bonchev–Trinajstić information content (AvgIpc) is 2.45. The minimum atomic E-state index is -3.47. The van der Waals surface area contributed by atoms with Gasteiger partial charge in [-0.1, -0.05) is 0 Å². The monoisotopic (exact) mass is 223 g/mol. The number of β-amino-alcohol motifs (C(OH)–C–C–N with tert-alkyl or cyclic N) is 1. The van der Waals surface area contributed by atoms with Crippen LogP contribution in [0.15, 0.2) is 0 Å². The second-order valence-electron chi connectivity index (χ2n) is 3.26. The maximum absolute atomic E-state index is 11.2. The van der Waals surface area contributed by atoms with Gasteiger partial charge < -0.3 is 9.84 Å². The van der Waals surface area contributed by atoms with Gasteiger partial charge in [-0.25, -0.2) is 8.42 Å². The molecule has 1 fully saturated rings. The van der Waals surface area contributed by atoms with E-state index in [2.05, 4.69) is 4.74 Å². The zero-order valence-electron chi connectivity index (χ0n) is 8.00. The first-order chi connectivity index (χ1) is 6.36. The van der Waals surface area contributed by atoms with Crippen molar-refractivity contribution in [1.82, 2.24) is 4.31 Å². The second-order valence-corrected chi connectivity index (χ2v) is 5.20. The summed E-state index contributed by atoms with van der Waals surface area (Å²) < 4.78 is 27.8. The highest BCUT2D eigenvalue weighted by molar-refractivity contribution is 7.88. The van der Waals surface area contributed by atoms with Crippen LogP contribution in [0.2, 0.25) is 0 Å². The largest absolute Gasteiger partial charge is 0.468 e. The highest BCUT2D eigenvalue weighted by Crippen LogP contribution is 2.21. The lowest BCUT2D eigenvalue weighted by atomic mass is 10.2. The number of sulfonamides is 1. The summed E-state index contributed by atoms with van der Waals surface area (Å²) in [7, 11) is -2.28. The molecule has 1 aliphatic heterocycles. The molecule has 0 aliphatic carbocycles. The van der Waals surface area contributed by atoms with E-state index in [1.54, 1.807) is 0 Å². The fraction of sp³-hybridized carbons (Fsp3) is 0.857. The van der Waals surface area contributed by atoms with Crippen molar-refractivity contribution in [3.8, 4) is 0 Å². The molecule has 82 valence electrons. The smallest absolute Gasteiger partial charge is 0.324 e.